The standard InChI is InChI=1S/C16H25N3O4/c1-8(2)16(3,7-17)18-11(20)6-19-14(21)12-9-4-5-10(23-9)13(12)15(19)22/h8-10,12-13H,4-7,17H2,1-3H3,(H,18,20). The van der Waals surface area contributed by atoms with Crippen molar-refractivity contribution in [3.8, 4) is 0 Å². The van der Waals surface area contributed by atoms with E-state index in [0.717, 1.165) is 17.7 Å². The van der Waals surface area contributed by atoms with Gasteiger partial charge in [0.05, 0.1) is 29.6 Å². The fourth-order valence-corrected chi connectivity index (χ4v) is 3.86. The summed E-state index contributed by atoms with van der Waals surface area (Å²) in [7, 11) is 0. The Labute approximate surface area is 135 Å². The minimum absolute atomic E-state index is 0.144. The molecule has 5 unspecified atom stereocenters. The Hall–Kier alpha value is -1.47. The Morgan fingerprint density at radius 2 is 1.83 bits per heavy atom. The van der Waals surface area contributed by atoms with Gasteiger partial charge in [-0.1, -0.05) is 13.8 Å². The number of imide groups is 1. The molecule has 0 spiro atoms. The molecular formula is C16H25N3O4. The minimum atomic E-state index is -0.555. The molecule has 3 amide bonds. The van der Waals surface area contributed by atoms with Gasteiger partial charge in [-0.25, -0.2) is 0 Å². The largest absolute Gasteiger partial charge is 0.373 e. The molecule has 3 rings (SSSR count). The van der Waals surface area contributed by atoms with E-state index in [1.165, 1.54) is 0 Å². The summed E-state index contributed by atoms with van der Waals surface area (Å²) >= 11 is 0. The molecule has 3 aliphatic heterocycles. The number of rotatable bonds is 5. The van der Waals surface area contributed by atoms with E-state index in [-0.39, 0.29) is 54.2 Å². The summed E-state index contributed by atoms with van der Waals surface area (Å²) in [5.41, 5.74) is 5.21. The molecular weight excluding hydrogens is 298 g/mol. The summed E-state index contributed by atoms with van der Waals surface area (Å²) in [5, 5.41) is 2.87. The van der Waals surface area contributed by atoms with E-state index in [9.17, 15) is 14.4 Å². The van der Waals surface area contributed by atoms with Gasteiger partial charge in [-0.2, -0.15) is 0 Å². The lowest BCUT2D eigenvalue weighted by Gasteiger charge is -2.34. The van der Waals surface area contributed by atoms with Gasteiger partial charge in [-0.05, 0) is 25.7 Å². The molecule has 7 heteroatoms. The highest BCUT2D eigenvalue weighted by molar-refractivity contribution is 6.08. The molecule has 0 aromatic carbocycles. The van der Waals surface area contributed by atoms with Gasteiger partial charge in [0.15, 0.2) is 0 Å². The van der Waals surface area contributed by atoms with Gasteiger partial charge in [0, 0.05) is 6.54 Å². The summed E-state index contributed by atoms with van der Waals surface area (Å²) in [6, 6.07) is 0. The third-order valence-electron chi connectivity index (χ3n) is 5.80. The number of fused-ring (bicyclic) bond motifs is 5. The maximum atomic E-state index is 12.5. The Bertz CT molecular complexity index is 521. The van der Waals surface area contributed by atoms with Gasteiger partial charge in [0.25, 0.3) is 0 Å². The quantitative estimate of drug-likeness (QED) is 0.673. The molecule has 23 heavy (non-hydrogen) atoms. The van der Waals surface area contributed by atoms with Crippen LogP contribution in [-0.4, -0.2) is 53.5 Å². The van der Waals surface area contributed by atoms with Crippen LogP contribution in [0.4, 0.5) is 0 Å². The van der Waals surface area contributed by atoms with Crippen LogP contribution in [0.15, 0.2) is 0 Å². The first kappa shape index (κ1) is 16.4. The van der Waals surface area contributed by atoms with Crippen molar-refractivity contribution in [1.82, 2.24) is 10.2 Å². The number of carbonyl (C=O) groups excluding carboxylic acids is 3. The van der Waals surface area contributed by atoms with E-state index in [4.69, 9.17) is 10.5 Å². The predicted molar refractivity (Wildman–Crippen MR) is 82.0 cm³/mol. The summed E-state index contributed by atoms with van der Waals surface area (Å²) < 4.78 is 5.68. The Kier molecular flexibility index (Phi) is 3.96. The van der Waals surface area contributed by atoms with Gasteiger partial charge in [-0.15, -0.1) is 0 Å². The smallest absolute Gasteiger partial charge is 0.240 e. The molecule has 7 nitrogen and oxygen atoms in total. The van der Waals surface area contributed by atoms with Crippen LogP contribution in [0.2, 0.25) is 0 Å². The van der Waals surface area contributed by atoms with Crippen LogP contribution in [-0.2, 0) is 19.1 Å². The fraction of sp³-hybridized carbons (Fsp3) is 0.812. The Morgan fingerprint density at radius 3 is 2.26 bits per heavy atom. The zero-order valence-electron chi connectivity index (χ0n) is 13.9. The van der Waals surface area contributed by atoms with E-state index >= 15 is 0 Å². The van der Waals surface area contributed by atoms with Crippen LogP contribution < -0.4 is 11.1 Å². The molecule has 0 aliphatic carbocycles. The number of carbonyl (C=O) groups is 3. The van der Waals surface area contributed by atoms with Gasteiger partial charge in [0.2, 0.25) is 17.7 Å². The lowest BCUT2D eigenvalue weighted by molar-refractivity contribution is -0.146. The molecule has 5 atom stereocenters. The van der Waals surface area contributed by atoms with E-state index in [0.29, 0.717) is 6.54 Å². The highest BCUT2D eigenvalue weighted by Crippen LogP contribution is 2.48. The summed E-state index contributed by atoms with van der Waals surface area (Å²) in [6.07, 6.45) is 1.34. The van der Waals surface area contributed by atoms with Crippen molar-refractivity contribution in [2.45, 2.75) is 51.4 Å². The molecule has 3 N–H and O–H groups in total. The van der Waals surface area contributed by atoms with Gasteiger partial charge < -0.3 is 15.8 Å². The molecule has 3 aliphatic rings. The number of nitrogens with zero attached hydrogens (tertiary/aromatic N) is 1. The number of amides is 3. The van der Waals surface area contributed by atoms with Crippen molar-refractivity contribution in [3.63, 3.8) is 0 Å². The van der Waals surface area contributed by atoms with Crippen LogP contribution >= 0.6 is 0 Å². The van der Waals surface area contributed by atoms with Crippen molar-refractivity contribution in [1.29, 1.82) is 0 Å². The summed E-state index contributed by atoms with van der Waals surface area (Å²) in [4.78, 5) is 38.5. The average molecular weight is 323 g/mol. The Morgan fingerprint density at radius 1 is 1.30 bits per heavy atom. The molecule has 3 fully saturated rings. The molecule has 0 saturated carbocycles. The summed E-state index contributed by atoms with van der Waals surface area (Å²) in [5.74, 6) is -1.51. The SMILES string of the molecule is CC(C)C(C)(CN)NC(=O)CN1C(=O)C2C3CCC(O3)C2C1=O. The highest BCUT2D eigenvalue weighted by atomic mass is 16.5. The maximum absolute atomic E-state index is 12.5. The van der Waals surface area contributed by atoms with Crippen LogP contribution in [0.25, 0.3) is 0 Å². The first-order valence-electron chi connectivity index (χ1n) is 8.30. The van der Waals surface area contributed by atoms with Gasteiger partial charge in [0.1, 0.15) is 6.54 Å². The fourth-order valence-electron chi connectivity index (χ4n) is 3.86. The Balaban J connectivity index is 1.68. The molecule has 3 saturated heterocycles. The second-order valence-electron chi connectivity index (χ2n) is 7.43. The third kappa shape index (κ3) is 2.46. The first-order chi connectivity index (χ1) is 10.8. The third-order valence-corrected chi connectivity index (χ3v) is 5.80. The van der Waals surface area contributed by atoms with Crippen molar-refractivity contribution in [2.24, 2.45) is 23.5 Å². The second kappa shape index (κ2) is 5.56. The average Bonchev–Trinajstić information content (AvgIpc) is 3.16. The van der Waals surface area contributed by atoms with Crippen LogP contribution in [0.5, 0.6) is 0 Å². The number of hydrogen-bond donors (Lipinski definition) is 2. The molecule has 2 bridgehead atoms. The highest BCUT2D eigenvalue weighted by Gasteiger charge is 2.62. The van der Waals surface area contributed by atoms with Gasteiger partial charge in [-0.3, -0.25) is 19.3 Å². The second-order valence-corrected chi connectivity index (χ2v) is 7.43. The van der Waals surface area contributed by atoms with Crippen LogP contribution in [0, 0.1) is 17.8 Å². The number of nitrogens with two attached hydrogens (primary N) is 1. The van der Waals surface area contributed by atoms with E-state index < -0.39 is 5.54 Å². The first-order valence-corrected chi connectivity index (χ1v) is 8.30. The minimum Gasteiger partial charge on any atom is -0.373 e. The lowest BCUT2D eigenvalue weighted by Crippen LogP contribution is -2.57. The van der Waals surface area contributed by atoms with Crippen molar-refractivity contribution in [3.05, 3.63) is 0 Å². The maximum Gasteiger partial charge on any atom is 0.240 e. The number of likely N-dealkylation sites (tertiary alicyclic amines) is 1. The van der Waals surface area contributed by atoms with Crippen molar-refractivity contribution in [2.75, 3.05) is 13.1 Å². The van der Waals surface area contributed by atoms with Crippen LogP contribution in [0.3, 0.4) is 0 Å². The van der Waals surface area contributed by atoms with E-state index in [2.05, 4.69) is 5.32 Å². The van der Waals surface area contributed by atoms with E-state index in [1.54, 1.807) is 0 Å². The number of ether oxygens (including phenoxy) is 1. The summed E-state index contributed by atoms with van der Waals surface area (Å²) in [6.45, 7) is 5.87. The predicted octanol–water partition coefficient (Wildman–Crippen LogP) is -0.362. The molecule has 0 aromatic heterocycles. The van der Waals surface area contributed by atoms with Crippen molar-refractivity contribution >= 4 is 17.7 Å². The van der Waals surface area contributed by atoms with Crippen LogP contribution in [0.1, 0.15) is 33.6 Å². The van der Waals surface area contributed by atoms with Gasteiger partial charge >= 0.3 is 0 Å². The normalized spacial score (nSPS) is 34.9. The molecule has 0 aromatic rings. The topological polar surface area (TPSA) is 102 Å². The monoisotopic (exact) mass is 323 g/mol. The van der Waals surface area contributed by atoms with Crippen molar-refractivity contribution < 1.29 is 19.1 Å². The zero-order chi connectivity index (χ0) is 16.9. The molecule has 3 heterocycles. The molecule has 128 valence electrons. The lowest BCUT2D eigenvalue weighted by atomic mass is 9.81. The molecule has 0 radical (unpaired) electrons. The number of nitrogens with one attached hydrogen (secondary N) is 1. The van der Waals surface area contributed by atoms with E-state index in [1.807, 2.05) is 20.8 Å². The zero-order valence-corrected chi connectivity index (χ0v) is 13.9. The number of hydrogen-bond acceptors (Lipinski definition) is 5.